The maximum absolute atomic E-state index is 5.76. The Labute approximate surface area is 98.3 Å². The lowest BCUT2D eigenvalue weighted by Crippen LogP contribution is -2.10. The van der Waals surface area contributed by atoms with Crippen LogP contribution >= 0.6 is 24.8 Å². The van der Waals surface area contributed by atoms with Crippen LogP contribution in [0.1, 0.15) is 18.5 Å². The first kappa shape index (κ1) is 16.0. The summed E-state index contributed by atoms with van der Waals surface area (Å²) in [6.45, 7) is 1.99. The zero-order valence-electron chi connectivity index (χ0n) is 8.73. The Morgan fingerprint density at radius 1 is 1.21 bits per heavy atom. The van der Waals surface area contributed by atoms with Gasteiger partial charge in [-0.2, -0.15) is 0 Å². The third-order valence-corrected chi connectivity index (χ3v) is 1.91. The molecule has 0 radical (unpaired) electrons. The first-order valence-corrected chi connectivity index (χ1v) is 4.14. The molecular weight excluding hydrogens is 219 g/mol. The lowest BCUT2D eigenvalue weighted by molar-refractivity contribution is 0.817. The van der Waals surface area contributed by atoms with E-state index in [1.807, 2.05) is 27.1 Å². The smallest absolute Gasteiger partial charge is 0.0364 e. The Morgan fingerprint density at radius 2 is 1.79 bits per heavy atom. The lowest BCUT2D eigenvalue weighted by Gasteiger charge is -2.14. The van der Waals surface area contributed by atoms with Crippen LogP contribution in [0, 0.1) is 0 Å². The zero-order chi connectivity index (χ0) is 9.14. The molecule has 1 aromatic carbocycles. The second-order valence-corrected chi connectivity index (χ2v) is 3.28. The summed E-state index contributed by atoms with van der Waals surface area (Å²) < 4.78 is 0. The largest absolute Gasteiger partial charge is 0.378 e. The van der Waals surface area contributed by atoms with Crippen molar-refractivity contribution in [3.63, 3.8) is 0 Å². The van der Waals surface area contributed by atoms with Gasteiger partial charge in [0.15, 0.2) is 0 Å². The predicted molar refractivity (Wildman–Crippen MR) is 67.9 cm³/mol. The molecule has 1 atom stereocenters. The summed E-state index contributed by atoms with van der Waals surface area (Å²) in [7, 11) is 4.06. The van der Waals surface area contributed by atoms with Crippen molar-refractivity contribution in [2.75, 3.05) is 19.0 Å². The summed E-state index contributed by atoms with van der Waals surface area (Å²) in [4.78, 5) is 2.08. The standard InChI is InChI=1S/C10H16N2.2ClH/c1-8(11)9-5-4-6-10(7-9)12(2)3;;/h4-8H,11H2,1-3H3;2*1H/t8-;;/m1../s1. The Hall–Kier alpha value is -0.440. The highest BCUT2D eigenvalue weighted by Crippen LogP contribution is 2.17. The summed E-state index contributed by atoms with van der Waals surface area (Å²) in [5.41, 5.74) is 8.14. The Kier molecular flexibility index (Phi) is 7.93. The molecule has 2 N–H and O–H groups in total. The molecule has 0 heterocycles. The Morgan fingerprint density at radius 3 is 2.21 bits per heavy atom. The fourth-order valence-electron chi connectivity index (χ4n) is 1.09. The van der Waals surface area contributed by atoms with Crippen molar-refractivity contribution < 1.29 is 0 Å². The van der Waals surface area contributed by atoms with Crippen molar-refractivity contribution in [2.45, 2.75) is 13.0 Å². The number of benzene rings is 1. The van der Waals surface area contributed by atoms with Crippen molar-refractivity contribution in [1.82, 2.24) is 0 Å². The Balaban J connectivity index is 0. The maximum atomic E-state index is 5.76. The van der Waals surface area contributed by atoms with Gasteiger partial charge >= 0.3 is 0 Å². The molecule has 0 aliphatic heterocycles. The number of hydrogen-bond acceptors (Lipinski definition) is 2. The first-order valence-electron chi connectivity index (χ1n) is 4.14. The molecule has 0 amide bonds. The number of hydrogen-bond donors (Lipinski definition) is 1. The first-order chi connectivity index (χ1) is 5.61. The monoisotopic (exact) mass is 236 g/mol. The number of nitrogens with zero attached hydrogens (tertiary/aromatic N) is 1. The van der Waals surface area contributed by atoms with E-state index in [0.717, 1.165) is 0 Å². The average Bonchev–Trinajstić information content (AvgIpc) is 2.04. The van der Waals surface area contributed by atoms with E-state index < -0.39 is 0 Å². The van der Waals surface area contributed by atoms with Gasteiger partial charge in [-0.25, -0.2) is 0 Å². The van der Waals surface area contributed by atoms with E-state index in [2.05, 4.69) is 23.1 Å². The second kappa shape index (κ2) is 6.93. The summed E-state index contributed by atoms with van der Waals surface area (Å²) in [5, 5.41) is 0. The molecule has 0 bridgehead atoms. The van der Waals surface area contributed by atoms with Gasteiger partial charge in [0, 0.05) is 25.8 Å². The summed E-state index contributed by atoms with van der Waals surface area (Å²) in [5.74, 6) is 0. The average molecular weight is 237 g/mol. The fourth-order valence-corrected chi connectivity index (χ4v) is 1.09. The molecule has 0 fully saturated rings. The summed E-state index contributed by atoms with van der Waals surface area (Å²) in [6.07, 6.45) is 0. The zero-order valence-corrected chi connectivity index (χ0v) is 10.4. The van der Waals surface area contributed by atoms with Crippen molar-refractivity contribution in [3.05, 3.63) is 29.8 Å². The maximum Gasteiger partial charge on any atom is 0.0364 e. The van der Waals surface area contributed by atoms with Gasteiger partial charge in [-0.3, -0.25) is 0 Å². The molecule has 14 heavy (non-hydrogen) atoms. The van der Waals surface area contributed by atoms with Gasteiger partial charge in [0.05, 0.1) is 0 Å². The van der Waals surface area contributed by atoms with Crippen LogP contribution in [0.25, 0.3) is 0 Å². The van der Waals surface area contributed by atoms with Crippen LogP contribution in [0.15, 0.2) is 24.3 Å². The topological polar surface area (TPSA) is 29.3 Å². The molecule has 0 spiro atoms. The van der Waals surface area contributed by atoms with Crippen LogP contribution < -0.4 is 10.6 Å². The highest BCUT2D eigenvalue weighted by atomic mass is 35.5. The molecule has 0 unspecified atom stereocenters. The predicted octanol–water partition coefficient (Wildman–Crippen LogP) is 2.62. The molecule has 0 saturated carbocycles. The van der Waals surface area contributed by atoms with E-state index in [9.17, 15) is 0 Å². The van der Waals surface area contributed by atoms with Crippen molar-refractivity contribution in [3.8, 4) is 0 Å². The number of nitrogens with two attached hydrogens (primary N) is 1. The van der Waals surface area contributed by atoms with E-state index in [0.29, 0.717) is 0 Å². The lowest BCUT2D eigenvalue weighted by atomic mass is 10.1. The molecule has 0 saturated heterocycles. The number of rotatable bonds is 2. The highest BCUT2D eigenvalue weighted by molar-refractivity contribution is 5.85. The van der Waals surface area contributed by atoms with Crippen molar-refractivity contribution in [1.29, 1.82) is 0 Å². The minimum Gasteiger partial charge on any atom is -0.378 e. The van der Waals surface area contributed by atoms with E-state index in [1.165, 1.54) is 11.3 Å². The summed E-state index contributed by atoms with van der Waals surface area (Å²) in [6, 6.07) is 8.40. The van der Waals surface area contributed by atoms with E-state index in [1.54, 1.807) is 0 Å². The van der Waals surface area contributed by atoms with Crippen molar-refractivity contribution in [2.24, 2.45) is 5.73 Å². The van der Waals surface area contributed by atoms with E-state index in [4.69, 9.17) is 5.73 Å². The van der Waals surface area contributed by atoms with Gasteiger partial charge < -0.3 is 10.6 Å². The van der Waals surface area contributed by atoms with Gasteiger partial charge in [0.25, 0.3) is 0 Å². The highest BCUT2D eigenvalue weighted by Gasteiger charge is 2.00. The van der Waals surface area contributed by atoms with Crippen LogP contribution in [0.5, 0.6) is 0 Å². The van der Waals surface area contributed by atoms with Gasteiger partial charge in [-0.05, 0) is 24.6 Å². The molecule has 0 aliphatic rings. The molecule has 1 rings (SSSR count). The molecule has 0 aromatic heterocycles. The Bertz CT molecular complexity index is 239. The molecule has 2 nitrogen and oxygen atoms in total. The van der Waals surface area contributed by atoms with Crippen LogP contribution in [-0.2, 0) is 0 Å². The van der Waals surface area contributed by atoms with Crippen molar-refractivity contribution >= 4 is 30.5 Å². The van der Waals surface area contributed by atoms with E-state index in [-0.39, 0.29) is 30.9 Å². The van der Waals surface area contributed by atoms with Crippen LogP contribution in [0.4, 0.5) is 5.69 Å². The quantitative estimate of drug-likeness (QED) is 0.856. The van der Waals surface area contributed by atoms with E-state index >= 15 is 0 Å². The van der Waals surface area contributed by atoms with Crippen LogP contribution in [0.3, 0.4) is 0 Å². The molecule has 82 valence electrons. The third kappa shape index (κ3) is 4.18. The number of halogens is 2. The second-order valence-electron chi connectivity index (χ2n) is 3.28. The van der Waals surface area contributed by atoms with Gasteiger partial charge in [0.2, 0.25) is 0 Å². The van der Waals surface area contributed by atoms with Crippen LogP contribution in [0.2, 0.25) is 0 Å². The van der Waals surface area contributed by atoms with Gasteiger partial charge in [0.1, 0.15) is 0 Å². The molecule has 0 aliphatic carbocycles. The molecular formula is C10H18Cl2N2. The summed E-state index contributed by atoms with van der Waals surface area (Å²) >= 11 is 0. The molecule has 1 aromatic rings. The molecule has 4 heteroatoms. The third-order valence-electron chi connectivity index (χ3n) is 1.91. The minimum atomic E-state index is 0. The van der Waals surface area contributed by atoms with Gasteiger partial charge in [-0.1, -0.05) is 12.1 Å². The normalized spacial score (nSPS) is 10.9. The SMILES string of the molecule is C[C@@H](N)c1cccc(N(C)C)c1.Cl.Cl. The number of anilines is 1. The van der Waals surface area contributed by atoms with Gasteiger partial charge in [-0.15, -0.1) is 24.8 Å². The van der Waals surface area contributed by atoms with Crippen LogP contribution in [-0.4, -0.2) is 14.1 Å². The minimum absolute atomic E-state index is 0. The fraction of sp³-hybridized carbons (Fsp3) is 0.400.